The minimum atomic E-state index is -0.579. The Labute approximate surface area is 227 Å². The van der Waals surface area contributed by atoms with Gasteiger partial charge in [0, 0.05) is 68.5 Å². The molecule has 3 aliphatic heterocycles. The number of aromatic nitrogens is 3. The van der Waals surface area contributed by atoms with Gasteiger partial charge >= 0.3 is 0 Å². The van der Waals surface area contributed by atoms with Gasteiger partial charge in [0.05, 0.1) is 6.10 Å². The topological polar surface area (TPSA) is 97.7 Å². The molecule has 9 nitrogen and oxygen atoms in total. The van der Waals surface area contributed by atoms with Crippen molar-refractivity contribution in [2.45, 2.75) is 57.3 Å². The van der Waals surface area contributed by atoms with Crippen LogP contribution in [0.4, 0.5) is 10.9 Å². The van der Waals surface area contributed by atoms with Gasteiger partial charge in [-0.2, -0.15) is 0 Å². The number of nitrogens with one attached hydrogen (secondary N) is 1. The number of aliphatic hydroxyl groups excluding tert-OH is 1. The first kappa shape index (κ1) is 25.2. The van der Waals surface area contributed by atoms with Gasteiger partial charge in [-0.15, -0.1) is 11.3 Å². The first-order valence-electron chi connectivity index (χ1n) is 13.6. The van der Waals surface area contributed by atoms with Crippen molar-refractivity contribution in [3.8, 4) is 0 Å². The number of benzene rings is 1. The Morgan fingerprint density at radius 2 is 1.87 bits per heavy atom. The molecule has 2 fully saturated rings. The number of β-amino-alcohol motifs (C(OH)–C–C–N with tert-alkyl or cyclic N) is 1. The van der Waals surface area contributed by atoms with Gasteiger partial charge in [-0.25, -0.2) is 15.0 Å². The molecule has 6 rings (SSSR count). The number of rotatable bonds is 5. The normalized spacial score (nSPS) is 22.8. The summed E-state index contributed by atoms with van der Waals surface area (Å²) < 4.78 is 0. The van der Waals surface area contributed by atoms with Crippen LogP contribution in [0.2, 0.25) is 0 Å². The summed E-state index contributed by atoms with van der Waals surface area (Å²) in [5, 5.41) is 15.6. The molecule has 3 aliphatic rings. The van der Waals surface area contributed by atoms with Crippen LogP contribution < -0.4 is 10.2 Å². The van der Waals surface area contributed by atoms with Gasteiger partial charge in [0.15, 0.2) is 5.13 Å². The van der Waals surface area contributed by atoms with Crippen LogP contribution in [0.1, 0.15) is 45.8 Å². The van der Waals surface area contributed by atoms with Crippen LogP contribution in [0.5, 0.6) is 0 Å². The molecule has 3 aromatic rings. The standard InChI is InChI=1S/C28H35N7O2S/c1-19-15-29-28(38-19)33-11-7-22(8-12-33)32-26-14-23(30-18-31-26)27(37)35-13-9-24(25(36)17-35)34-10-6-20-4-2-3-5-21(20)16-34/h2-5,14-15,18,22,24-25,36H,6-13,16-17H2,1H3,(H,30,31,32)/t24-,25-/m1/s1. The van der Waals surface area contributed by atoms with E-state index in [2.05, 4.69) is 61.3 Å². The second-order valence-electron chi connectivity index (χ2n) is 10.6. The minimum absolute atomic E-state index is 0.0641. The Morgan fingerprint density at radius 1 is 1.05 bits per heavy atom. The Balaban J connectivity index is 1.03. The average Bonchev–Trinajstić information content (AvgIpc) is 3.39. The molecular weight excluding hydrogens is 498 g/mol. The molecule has 0 bridgehead atoms. The number of nitrogens with zero attached hydrogens (tertiary/aromatic N) is 6. The Morgan fingerprint density at radius 3 is 2.63 bits per heavy atom. The summed E-state index contributed by atoms with van der Waals surface area (Å²) in [4.78, 5) is 34.1. The highest BCUT2D eigenvalue weighted by atomic mass is 32.1. The van der Waals surface area contributed by atoms with Gasteiger partial charge in [0.1, 0.15) is 17.8 Å². The number of carbonyl (C=O) groups is 1. The summed E-state index contributed by atoms with van der Waals surface area (Å²) >= 11 is 1.73. The molecule has 2 aromatic heterocycles. The molecular formula is C28H35N7O2S. The number of fused-ring (bicyclic) bond motifs is 1. The lowest BCUT2D eigenvalue weighted by Crippen LogP contribution is -2.56. The largest absolute Gasteiger partial charge is 0.390 e. The number of aryl methyl sites for hydroxylation is 1. The third-order valence-electron chi connectivity index (χ3n) is 8.08. The Kier molecular flexibility index (Phi) is 7.27. The summed E-state index contributed by atoms with van der Waals surface area (Å²) in [7, 11) is 0. The van der Waals surface area contributed by atoms with Gasteiger partial charge in [0.2, 0.25) is 0 Å². The van der Waals surface area contributed by atoms with Crippen LogP contribution >= 0.6 is 11.3 Å². The predicted octanol–water partition coefficient (Wildman–Crippen LogP) is 2.96. The lowest BCUT2D eigenvalue weighted by Gasteiger charge is -2.43. The molecule has 0 saturated carbocycles. The second kappa shape index (κ2) is 11.0. The molecule has 0 spiro atoms. The lowest BCUT2D eigenvalue weighted by molar-refractivity contribution is -0.0139. The molecule has 0 radical (unpaired) electrons. The van der Waals surface area contributed by atoms with Gasteiger partial charge in [-0.05, 0) is 43.7 Å². The molecule has 2 atom stereocenters. The fourth-order valence-electron chi connectivity index (χ4n) is 5.96. The van der Waals surface area contributed by atoms with Crippen molar-refractivity contribution >= 4 is 28.2 Å². The maximum atomic E-state index is 13.3. The van der Waals surface area contributed by atoms with E-state index < -0.39 is 6.10 Å². The van der Waals surface area contributed by atoms with Gasteiger partial charge in [0.25, 0.3) is 5.91 Å². The first-order valence-corrected chi connectivity index (χ1v) is 14.4. The van der Waals surface area contributed by atoms with Crippen molar-refractivity contribution in [3.63, 3.8) is 0 Å². The van der Waals surface area contributed by atoms with E-state index in [-0.39, 0.29) is 18.0 Å². The zero-order chi connectivity index (χ0) is 26.1. The van der Waals surface area contributed by atoms with Gasteiger partial charge < -0.3 is 20.2 Å². The van der Waals surface area contributed by atoms with Crippen LogP contribution in [0.25, 0.3) is 0 Å². The number of amides is 1. The summed E-state index contributed by atoms with van der Waals surface area (Å²) in [6.45, 7) is 6.70. The Bertz CT molecular complexity index is 1280. The number of likely N-dealkylation sites (tertiary alicyclic amines) is 1. The van der Waals surface area contributed by atoms with E-state index in [1.165, 1.54) is 22.3 Å². The zero-order valence-corrected chi connectivity index (χ0v) is 22.6. The smallest absolute Gasteiger partial charge is 0.272 e. The van der Waals surface area contributed by atoms with Crippen LogP contribution in [0.15, 0.2) is 42.9 Å². The number of thiazole rings is 1. The van der Waals surface area contributed by atoms with Crippen molar-refractivity contribution in [1.82, 2.24) is 24.8 Å². The highest BCUT2D eigenvalue weighted by Gasteiger charge is 2.35. The van der Waals surface area contributed by atoms with E-state index in [1.54, 1.807) is 22.3 Å². The highest BCUT2D eigenvalue weighted by Crippen LogP contribution is 2.27. The fraction of sp³-hybridized carbons (Fsp3) is 0.500. The van der Waals surface area contributed by atoms with Crippen molar-refractivity contribution < 1.29 is 9.90 Å². The van der Waals surface area contributed by atoms with Crippen LogP contribution in [0, 0.1) is 6.92 Å². The number of anilines is 2. The molecule has 1 aromatic carbocycles. The average molecular weight is 534 g/mol. The lowest BCUT2D eigenvalue weighted by atomic mass is 9.94. The number of hydrogen-bond acceptors (Lipinski definition) is 9. The van der Waals surface area contributed by atoms with Crippen LogP contribution in [-0.2, 0) is 13.0 Å². The summed E-state index contributed by atoms with van der Waals surface area (Å²) in [6, 6.07) is 10.6. The van der Waals surface area contributed by atoms with E-state index in [4.69, 9.17) is 0 Å². The number of hydrogen-bond donors (Lipinski definition) is 2. The van der Waals surface area contributed by atoms with Crippen molar-refractivity contribution in [3.05, 3.63) is 64.6 Å². The molecule has 1 amide bonds. The first-order chi connectivity index (χ1) is 18.5. The third kappa shape index (κ3) is 5.39. The van der Waals surface area contributed by atoms with E-state index >= 15 is 0 Å². The maximum absolute atomic E-state index is 13.3. The van der Waals surface area contributed by atoms with Crippen LogP contribution in [0.3, 0.4) is 0 Å². The van der Waals surface area contributed by atoms with Crippen molar-refractivity contribution in [2.24, 2.45) is 0 Å². The third-order valence-corrected chi connectivity index (χ3v) is 9.05. The van der Waals surface area contributed by atoms with Crippen molar-refractivity contribution in [1.29, 1.82) is 0 Å². The quantitative estimate of drug-likeness (QED) is 0.517. The van der Waals surface area contributed by atoms with Gasteiger partial charge in [-0.3, -0.25) is 9.69 Å². The second-order valence-corrected chi connectivity index (χ2v) is 11.8. The monoisotopic (exact) mass is 533 g/mol. The van der Waals surface area contributed by atoms with Crippen LogP contribution in [-0.4, -0.2) is 86.7 Å². The minimum Gasteiger partial charge on any atom is -0.390 e. The molecule has 10 heteroatoms. The molecule has 200 valence electrons. The number of aliphatic hydroxyl groups is 1. The molecule has 2 saturated heterocycles. The van der Waals surface area contributed by atoms with Gasteiger partial charge in [-0.1, -0.05) is 24.3 Å². The maximum Gasteiger partial charge on any atom is 0.272 e. The molecule has 38 heavy (non-hydrogen) atoms. The summed E-state index contributed by atoms with van der Waals surface area (Å²) in [5.41, 5.74) is 3.12. The summed E-state index contributed by atoms with van der Waals surface area (Å²) in [5.74, 6) is 0.528. The summed E-state index contributed by atoms with van der Waals surface area (Å²) in [6.07, 6.45) is 6.52. The zero-order valence-electron chi connectivity index (χ0n) is 21.8. The molecule has 0 aliphatic carbocycles. The molecule has 5 heterocycles. The SMILES string of the molecule is Cc1cnc(N2CCC(Nc3cc(C(=O)N4CC[C@@H](N5CCc6ccccc6C5)[C@H](O)C4)ncn3)CC2)s1. The number of piperidine rings is 2. The van der Waals surface area contributed by atoms with E-state index in [0.29, 0.717) is 24.6 Å². The van der Waals surface area contributed by atoms with E-state index in [9.17, 15) is 9.90 Å². The predicted molar refractivity (Wildman–Crippen MR) is 149 cm³/mol. The molecule has 0 unspecified atom stereocenters. The van der Waals surface area contributed by atoms with E-state index in [1.807, 2.05) is 6.20 Å². The molecule has 2 N–H and O–H groups in total. The highest BCUT2D eigenvalue weighted by molar-refractivity contribution is 7.15. The Hall–Kier alpha value is -3.08. The fourth-order valence-corrected chi connectivity index (χ4v) is 6.77. The van der Waals surface area contributed by atoms with Crippen molar-refractivity contribution in [2.75, 3.05) is 42.9 Å². The van der Waals surface area contributed by atoms with E-state index in [0.717, 1.165) is 57.0 Å². The number of carbonyl (C=O) groups excluding carboxylic acids is 1.